The SMILES string of the molecule is O=C(OCc1cccc(Br)c1)c1ccnc(F)c1F. The van der Waals surface area contributed by atoms with Crippen molar-refractivity contribution < 1.29 is 18.3 Å². The molecule has 19 heavy (non-hydrogen) atoms. The number of rotatable bonds is 3. The van der Waals surface area contributed by atoms with Crippen molar-refractivity contribution in [2.75, 3.05) is 0 Å². The third kappa shape index (κ3) is 3.35. The molecule has 2 aromatic rings. The summed E-state index contributed by atoms with van der Waals surface area (Å²) >= 11 is 3.28. The Bertz CT molecular complexity index is 619. The van der Waals surface area contributed by atoms with E-state index in [2.05, 4.69) is 20.9 Å². The Hall–Kier alpha value is -1.82. The van der Waals surface area contributed by atoms with Gasteiger partial charge in [0.1, 0.15) is 12.2 Å². The molecule has 1 heterocycles. The Morgan fingerprint density at radius 2 is 2.11 bits per heavy atom. The number of aromatic nitrogens is 1. The van der Waals surface area contributed by atoms with Crippen LogP contribution in [0, 0.1) is 11.8 Å². The molecule has 3 nitrogen and oxygen atoms in total. The minimum absolute atomic E-state index is 0.0261. The number of hydrogen-bond acceptors (Lipinski definition) is 3. The lowest BCUT2D eigenvalue weighted by molar-refractivity contribution is 0.0465. The molecular weight excluding hydrogens is 320 g/mol. The first-order chi connectivity index (χ1) is 9.08. The minimum atomic E-state index is -1.32. The fourth-order valence-electron chi connectivity index (χ4n) is 1.43. The van der Waals surface area contributed by atoms with Crippen LogP contribution in [0.1, 0.15) is 15.9 Å². The largest absolute Gasteiger partial charge is 0.457 e. The highest BCUT2D eigenvalue weighted by molar-refractivity contribution is 9.10. The lowest BCUT2D eigenvalue weighted by Crippen LogP contribution is -2.09. The van der Waals surface area contributed by atoms with Gasteiger partial charge in [-0.2, -0.15) is 4.39 Å². The zero-order chi connectivity index (χ0) is 13.8. The van der Waals surface area contributed by atoms with Crippen LogP contribution in [0.15, 0.2) is 41.0 Å². The standard InChI is InChI=1S/C13H8BrF2NO2/c14-9-3-1-2-8(6-9)7-19-13(18)10-4-5-17-12(16)11(10)15/h1-6H,7H2. The maximum Gasteiger partial charge on any atom is 0.341 e. The summed E-state index contributed by atoms with van der Waals surface area (Å²) in [6.07, 6.45) is 1.01. The van der Waals surface area contributed by atoms with E-state index in [1.165, 1.54) is 0 Å². The van der Waals surface area contributed by atoms with Crippen molar-refractivity contribution in [3.63, 3.8) is 0 Å². The van der Waals surface area contributed by atoms with Crippen LogP contribution < -0.4 is 0 Å². The topological polar surface area (TPSA) is 39.2 Å². The normalized spacial score (nSPS) is 10.3. The number of benzene rings is 1. The molecule has 0 unspecified atom stereocenters. The second kappa shape index (κ2) is 5.88. The van der Waals surface area contributed by atoms with E-state index >= 15 is 0 Å². The summed E-state index contributed by atoms with van der Waals surface area (Å²) in [7, 11) is 0. The molecule has 0 saturated carbocycles. The monoisotopic (exact) mass is 327 g/mol. The van der Waals surface area contributed by atoms with Gasteiger partial charge in [0.05, 0.1) is 0 Å². The maximum absolute atomic E-state index is 13.3. The van der Waals surface area contributed by atoms with Gasteiger partial charge in [0.25, 0.3) is 0 Å². The van der Waals surface area contributed by atoms with Gasteiger partial charge in [-0.25, -0.2) is 14.2 Å². The van der Waals surface area contributed by atoms with Crippen LogP contribution in [0.25, 0.3) is 0 Å². The molecule has 0 bridgehead atoms. The lowest BCUT2D eigenvalue weighted by atomic mass is 10.2. The molecule has 0 amide bonds. The van der Waals surface area contributed by atoms with Crippen molar-refractivity contribution >= 4 is 21.9 Å². The van der Waals surface area contributed by atoms with Crippen molar-refractivity contribution in [1.29, 1.82) is 0 Å². The third-order valence-corrected chi connectivity index (χ3v) is 2.82. The number of esters is 1. The predicted molar refractivity (Wildman–Crippen MR) is 67.4 cm³/mol. The van der Waals surface area contributed by atoms with Gasteiger partial charge in [0.2, 0.25) is 5.95 Å². The van der Waals surface area contributed by atoms with Gasteiger partial charge in [0.15, 0.2) is 5.82 Å². The smallest absolute Gasteiger partial charge is 0.341 e. The van der Waals surface area contributed by atoms with E-state index in [9.17, 15) is 13.6 Å². The molecule has 1 aromatic carbocycles. The average molecular weight is 328 g/mol. The van der Waals surface area contributed by atoms with Gasteiger partial charge in [-0.05, 0) is 23.8 Å². The molecule has 0 radical (unpaired) electrons. The molecule has 0 fully saturated rings. The molecule has 0 saturated heterocycles. The quantitative estimate of drug-likeness (QED) is 0.640. The number of pyridine rings is 1. The van der Waals surface area contributed by atoms with E-state index in [1.807, 2.05) is 6.07 Å². The molecule has 98 valence electrons. The summed E-state index contributed by atoms with van der Waals surface area (Å²) < 4.78 is 31.9. The molecule has 0 atom stereocenters. The van der Waals surface area contributed by atoms with Crippen molar-refractivity contribution in [1.82, 2.24) is 4.98 Å². The number of nitrogens with zero attached hydrogens (tertiary/aromatic N) is 1. The molecule has 1 aromatic heterocycles. The second-order valence-electron chi connectivity index (χ2n) is 3.67. The zero-order valence-electron chi connectivity index (χ0n) is 9.57. The summed E-state index contributed by atoms with van der Waals surface area (Å²) in [6, 6.07) is 8.18. The van der Waals surface area contributed by atoms with Crippen molar-refractivity contribution in [3.05, 3.63) is 63.9 Å². The Morgan fingerprint density at radius 3 is 2.84 bits per heavy atom. The van der Waals surface area contributed by atoms with Gasteiger partial charge in [-0.15, -0.1) is 0 Å². The first kappa shape index (κ1) is 13.6. The second-order valence-corrected chi connectivity index (χ2v) is 4.59. The fourth-order valence-corrected chi connectivity index (χ4v) is 1.88. The minimum Gasteiger partial charge on any atom is -0.457 e. The number of hydrogen-bond donors (Lipinski definition) is 0. The van der Waals surface area contributed by atoms with Crippen LogP contribution in [0.2, 0.25) is 0 Å². The van der Waals surface area contributed by atoms with E-state index in [0.29, 0.717) is 0 Å². The van der Waals surface area contributed by atoms with Gasteiger partial charge in [-0.1, -0.05) is 28.1 Å². The van der Waals surface area contributed by atoms with Gasteiger partial charge >= 0.3 is 5.97 Å². The summed E-state index contributed by atoms with van der Waals surface area (Å²) in [4.78, 5) is 14.7. The van der Waals surface area contributed by atoms with E-state index < -0.39 is 23.3 Å². The Balaban J connectivity index is 2.08. The first-order valence-corrected chi connectivity index (χ1v) is 6.09. The Labute approximate surface area is 116 Å². The predicted octanol–water partition coefficient (Wildman–Crippen LogP) is 3.48. The van der Waals surface area contributed by atoms with Crippen LogP contribution in [-0.2, 0) is 11.3 Å². The summed E-state index contributed by atoms with van der Waals surface area (Å²) in [5.74, 6) is -3.56. The van der Waals surface area contributed by atoms with E-state index in [-0.39, 0.29) is 6.61 Å². The Kier molecular flexibility index (Phi) is 4.21. The molecule has 0 aliphatic rings. The van der Waals surface area contributed by atoms with Crippen LogP contribution in [-0.4, -0.2) is 11.0 Å². The molecule has 2 rings (SSSR count). The van der Waals surface area contributed by atoms with Crippen molar-refractivity contribution in [2.45, 2.75) is 6.61 Å². The molecule has 6 heteroatoms. The maximum atomic E-state index is 13.3. The van der Waals surface area contributed by atoms with Gasteiger partial charge < -0.3 is 4.74 Å². The summed E-state index contributed by atoms with van der Waals surface area (Å²) in [5, 5.41) is 0. The van der Waals surface area contributed by atoms with Gasteiger partial charge in [0, 0.05) is 10.7 Å². The van der Waals surface area contributed by atoms with Crippen LogP contribution in [0.5, 0.6) is 0 Å². The number of ether oxygens (including phenoxy) is 1. The van der Waals surface area contributed by atoms with Gasteiger partial charge in [-0.3, -0.25) is 0 Å². The molecule has 0 spiro atoms. The zero-order valence-corrected chi connectivity index (χ0v) is 11.2. The number of carbonyl (C=O) groups is 1. The third-order valence-electron chi connectivity index (χ3n) is 2.33. The van der Waals surface area contributed by atoms with Crippen LogP contribution in [0.3, 0.4) is 0 Å². The first-order valence-electron chi connectivity index (χ1n) is 5.29. The molecule has 0 aliphatic carbocycles. The van der Waals surface area contributed by atoms with E-state index in [0.717, 1.165) is 22.3 Å². The van der Waals surface area contributed by atoms with Crippen LogP contribution >= 0.6 is 15.9 Å². The highest BCUT2D eigenvalue weighted by atomic mass is 79.9. The van der Waals surface area contributed by atoms with Crippen molar-refractivity contribution in [2.24, 2.45) is 0 Å². The summed E-state index contributed by atoms with van der Waals surface area (Å²) in [5.41, 5.74) is 0.264. The highest BCUT2D eigenvalue weighted by Crippen LogP contribution is 2.14. The highest BCUT2D eigenvalue weighted by Gasteiger charge is 2.17. The fraction of sp³-hybridized carbons (Fsp3) is 0.0769. The van der Waals surface area contributed by atoms with Crippen LogP contribution in [0.4, 0.5) is 8.78 Å². The van der Waals surface area contributed by atoms with E-state index in [4.69, 9.17) is 4.74 Å². The van der Waals surface area contributed by atoms with Crippen molar-refractivity contribution in [3.8, 4) is 0 Å². The molecule has 0 N–H and O–H groups in total. The lowest BCUT2D eigenvalue weighted by Gasteiger charge is -2.06. The van der Waals surface area contributed by atoms with E-state index in [1.54, 1.807) is 18.2 Å². The average Bonchev–Trinajstić information content (AvgIpc) is 2.39. The molecule has 0 aliphatic heterocycles. The molecular formula is C13H8BrF2NO2. The number of carbonyl (C=O) groups excluding carboxylic acids is 1. The Morgan fingerprint density at radius 1 is 1.32 bits per heavy atom. The number of halogens is 3. The summed E-state index contributed by atoms with van der Waals surface area (Å²) in [6.45, 7) is -0.0261.